The lowest BCUT2D eigenvalue weighted by molar-refractivity contribution is -0.116. The zero-order valence-corrected chi connectivity index (χ0v) is 19.1. The van der Waals surface area contributed by atoms with Crippen LogP contribution in [-0.4, -0.2) is 18.7 Å². The SMILES string of the molecule is C[C@H](NS(=O)(=O)c1ccc(CCC(=O)Nc2ccc3sncc3c2)cc1)c1ccccc1. The van der Waals surface area contributed by atoms with E-state index in [0.29, 0.717) is 12.8 Å². The number of benzene rings is 3. The molecule has 1 heterocycles. The Hall–Kier alpha value is -3.07. The minimum atomic E-state index is -3.64. The first-order valence-electron chi connectivity index (χ1n) is 10.2. The largest absolute Gasteiger partial charge is 0.326 e. The van der Waals surface area contributed by atoms with Gasteiger partial charge in [0.1, 0.15) is 0 Å². The van der Waals surface area contributed by atoms with E-state index < -0.39 is 10.0 Å². The first-order chi connectivity index (χ1) is 15.4. The molecule has 0 radical (unpaired) electrons. The minimum Gasteiger partial charge on any atom is -0.326 e. The van der Waals surface area contributed by atoms with E-state index in [-0.39, 0.29) is 16.8 Å². The highest BCUT2D eigenvalue weighted by atomic mass is 32.2. The maximum atomic E-state index is 12.7. The molecule has 32 heavy (non-hydrogen) atoms. The van der Waals surface area contributed by atoms with Crippen LogP contribution in [-0.2, 0) is 21.2 Å². The summed E-state index contributed by atoms with van der Waals surface area (Å²) in [5.41, 5.74) is 2.53. The van der Waals surface area contributed by atoms with Crippen molar-refractivity contribution in [2.45, 2.75) is 30.7 Å². The highest BCUT2D eigenvalue weighted by Gasteiger charge is 2.18. The fraction of sp³-hybridized carbons (Fsp3) is 0.167. The van der Waals surface area contributed by atoms with E-state index in [9.17, 15) is 13.2 Å². The van der Waals surface area contributed by atoms with E-state index in [1.807, 2.05) is 55.5 Å². The van der Waals surface area contributed by atoms with Crippen LogP contribution in [0, 0.1) is 0 Å². The summed E-state index contributed by atoms with van der Waals surface area (Å²) in [6, 6.07) is 21.4. The van der Waals surface area contributed by atoms with Gasteiger partial charge in [-0.25, -0.2) is 13.1 Å². The molecule has 6 nitrogen and oxygen atoms in total. The number of carbonyl (C=O) groups excluding carboxylic acids is 1. The second-order valence-corrected chi connectivity index (χ2v) is 10.1. The topological polar surface area (TPSA) is 88.2 Å². The molecule has 0 aliphatic carbocycles. The van der Waals surface area contributed by atoms with Gasteiger partial charge in [0.15, 0.2) is 0 Å². The average molecular weight is 466 g/mol. The number of nitrogens with zero attached hydrogens (tertiary/aromatic N) is 1. The Bertz CT molecular complexity index is 1320. The molecule has 1 aromatic heterocycles. The number of amides is 1. The van der Waals surface area contributed by atoms with E-state index in [2.05, 4.69) is 14.4 Å². The minimum absolute atomic E-state index is 0.0948. The molecule has 0 fully saturated rings. The van der Waals surface area contributed by atoms with Gasteiger partial charge in [0.05, 0.1) is 9.60 Å². The van der Waals surface area contributed by atoms with Crippen LogP contribution >= 0.6 is 11.5 Å². The van der Waals surface area contributed by atoms with Gasteiger partial charge >= 0.3 is 0 Å². The fourth-order valence-electron chi connectivity index (χ4n) is 3.38. The quantitative estimate of drug-likeness (QED) is 0.387. The van der Waals surface area contributed by atoms with Gasteiger partial charge in [0, 0.05) is 29.7 Å². The third kappa shape index (κ3) is 5.40. The number of sulfonamides is 1. The van der Waals surface area contributed by atoms with Crippen molar-refractivity contribution in [3.05, 3.63) is 90.1 Å². The Kier molecular flexibility index (Phi) is 6.64. The number of nitrogens with one attached hydrogen (secondary N) is 2. The van der Waals surface area contributed by atoms with Gasteiger partial charge in [-0.3, -0.25) is 4.79 Å². The van der Waals surface area contributed by atoms with E-state index in [0.717, 1.165) is 26.9 Å². The van der Waals surface area contributed by atoms with Gasteiger partial charge in [0.2, 0.25) is 15.9 Å². The summed E-state index contributed by atoms with van der Waals surface area (Å²) >= 11 is 1.42. The lowest BCUT2D eigenvalue weighted by atomic mass is 10.1. The molecule has 1 amide bonds. The first-order valence-corrected chi connectivity index (χ1v) is 12.5. The van der Waals surface area contributed by atoms with E-state index in [4.69, 9.17) is 0 Å². The van der Waals surface area contributed by atoms with Gasteiger partial charge < -0.3 is 5.32 Å². The van der Waals surface area contributed by atoms with Gasteiger partial charge in [-0.05, 0) is 66.3 Å². The highest BCUT2D eigenvalue weighted by molar-refractivity contribution is 7.89. The number of carbonyl (C=O) groups is 1. The smallest absolute Gasteiger partial charge is 0.241 e. The van der Waals surface area contributed by atoms with Crippen LogP contribution in [0.3, 0.4) is 0 Å². The second kappa shape index (κ2) is 9.60. The van der Waals surface area contributed by atoms with Crippen molar-refractivity contribution in [2.75, 3.05) is 5.32 Å². The third-order valence-corrected chi connectivity index (χ3v) is 7.48. The van der Waals surface area contributed by atoms with Gasteiger partial charge in [0.25, 0.3) is 0 Å². The molecular weight excluding hydrogens is 442 g/mol. The lowest BCUT2D eigenvalue weighted by Crippen LogP contribution is -2.26. The summed E-state index contributed by atoms with van der Waals surface area (Å²) in [4.78, 5) is 12.5. The molecule has 4 aromatic rings. The van der Waals surface area contributed by atoms with Crippen LogP contribution < -0.4 is 10.0 Å². The van der Waals surface area contributed by atoms with Crippen LogP contribution in [0.15, 0.2) is 83.9 Å². The van der Waals surface area contributed by atoms with Crippen molar-refractivity contribution in [1.29, 1.82) is 0 Å². The fourth-order valence-corrected chi connectivity index (χ4v) is 5.24. The maximum Gasteiger partial charge on any atom is 0.241 e. The molecule has 0 bridgehead atoms. The first kappa shape index (κ1) is 22.1. The number of rotatable bonds is 8. The van der Waals surface area contributed by atoms with Crippen molar-refractivity contribution in [3.63, 3.8) is 0 Å². The van der Waals surface area contributed by atoms with Gasteiger partial charge in [-0.1, -0.05) is 42.5 Å². The van der Waals surface area contributed by atoms with Crippen molar-refractivity contribution >= 4 is 43.2 Å². The molecular formula is C24H23N3O3S2. The van der Waals surface area contributed by atoms with Gasteiger partial charge in [-0.15, -0.1) is 0 Å². The summed E-state index contributed by atoms with van der Waals surface area (Å²) in [6.45, 7) is 1.81. The maximum absolute atomic E-state index is 12.7. The van der Waals surface area contributed by atoms with Crippen LogP contribution in [0.4, 0.5) is 5.69 Å². The average Bonchev–Trinajstić information content (AvgIpc) is 3.26. The van der Waals surface area contributed by atoms with Crippen LogP contribution in [0.1, 0.15) is 30.5 Å². The van der Waals surface area contributed by atoms with Crippen molar-refractivity contribution in [3.8, 4) is 0 Å². The zero-order chi connectivity index (χ0) is 22.6. The van der Waals surface area contributed by atoms with E-state index >= 15 is 0 Å². The Balaban J connectivity index is 1.33. The Morgan fingerprint density at radius 2 is 1.78 bits per heavy atom. The molecule has 8 heteroatoms. The normalized spacial score (nSPS) is 12.5. The van der Waals surface area contributed by atoms with Crippen molar-refractivity contribution < 1.29 is 13.2 Å². The van der Waals surface area contributed by atoms with Crippen LogP contribution in [0.5, 0.6) is 0 Å². The molecule has 4 rings (SSSR count). The summed E-state index contributed by atoms with van der Waals surface area (Å²) in [7, 11) is -3.64. The summed E-state index contributed by atoms with van der Waals surface area (Å²) < 4.78 is 33.3. The molecule has 0 unspecified atom stereocenters. The number of anilines is 1. The Morgan fingerprint density at radius 1 is 1.03 bits per heavy atom. The predicted molar refractivity (Wildman–Crippen MR) is 128 cm³/mol. The highest BCUT2D eigenvalue weighted by Crippen LogP contribution is 2.22. The van der Waals surface area contributed by atoms with Crippen LogP contribution in [0.2, 0.25) is 0 Å². The molecule has 2 N–H and O–H groups in total. The zero-order valence-electron chi connectivity index (χ0n) is 17.5. The van der Waals surface area contributed by atoms with E-state index in [1.165, 1.54) is 11.5 Å². The monoisotopic (exact) mass is 465 g/mol. The summed E-state index contributed by atoms with van der Waals surface area (Å²) in [5, 5.41) is 3.90. The van der Waals surface area contributed by atoms with E-state index in [1.54, 1.807) is 30.5 Å². The van der Waals surface area contributed by atoms with Crippen molar-refractivity contribution in [1.82, 2.24) is 9.10 Å². The number of aromatic nitrogens is 1. The molecule has 0 spiro atoms. The van der Waals surface area contributed by atoms with Crippen LogP contribution in [0.25, 0.3) is 10.1 Å². The Labute approximate surface area is 191 Å². The number of fused-ring (bicyclic) bond motifs is 1. The summed E-state index contributed by atoms with van der Waals surface area (Å²) in [5.74, 6) is -0.0948. The standard InChI is InChI=1S/C24H23N3O3S2/c1-17(19-5-3-2-4-6-19)27-32(29,30)22-11-7-18(8-12-22)9-14-24(28)26-21-10-13-23-20(15-21)16-25-31-23/h2-8,10-13,15-17,27H,9,14H2,1H3,(H,26,28)/t17-/m0/s1. The molecule has 164 valence electrons. The molecule has 1 atom stereocenters. The number of aryl methyl sites for hydroxylation is 1. The molecule has 0 aliphatic rings. The third-order valence-electron chi connectivity index (χ3n) is 5.14. The lowest BCUT2D eigenvalue weighted by Gasteiger charge is -2.15. The number of hydrogen-bond donors (Lipinski definition) is 2. The Morgan fingerprint density at radius 3 is 2.53 bits per heavy atom. The summed E-state index contributed by atoms with van der Waals surface area (Å²) in [6.07, 6.45) is 2.60. The molecule has 0 aliphatic heterocycles. The van der Waals surface area contributed by atoms with Crippen molar-refractivity contribution in [2.24, 2.45) is 0 Å². The molecule has 0 saturated carbocycles. The molecule has 3 aromatic carbocycles. The molecule has 0 saturated heterocycles. The number of hydrogen-bond acceptors (Lipinski definition) is 5. The van der Waals surface area contributed by atoms with Gasteiger partial charge in [-0.2, -0.15) is 4.37 Å². The predicted octanol–water partition coefficient (Wildman–Crippen LogP) is 4.91. The second-order valence-electron chi connectivity index (χ2n) is 7.52.